The molecule has 0 heterocycles. The van der Waals surface area contributed by atoms with Crippen molar-refractivity contribution >= 4 is 29.9 Å². The van der Waals surface area contributed by atoms with E-state index in [1.54, 1.807) is 7.05 Å². The van der Waals surface area contributed by atoms with Crippen LogP contribution in [-0.4, -0.2) is 38.6 Å². The normalized spacial score (nSPS) is 9.85. The molecule has 3 N–H and O–H groups in total. The first-order valence-electron chi connectivity index (χ1n) is 8.56. The second-order valence-corrected chi connectivity index (χ2v) is 5.98. The van der Waals surface area contributed by atoms with Gasteiger partial charge in [0.05, 0.1) is 6.54 Å². The second-order valence-electron chi connectivity index (χ2n) is 5.98. The number of halogens is 1. The average molecular weight is 392 g/mol. The zero-order valence-electron chi connectivity index (χ0n) is 15.6. The second kappa shape index (κ2) is 11.9. The lowest BCUT2D eigenvalue weighted by atomic mass is 10.1. The highest BCUT2D eigenvalue weighted by molar-refractivity contribution is 5.91. The van der Waals surface area contributed by atoms with E-state index in [-0.39, 0.29) is 30.8 Å². The highest BCUT2D eigenvalue weighted by Gasteiger charge is 2.04. The summed E-state index contributed by atoms with van der Waals surface area (Å²) in [6.45, 7) is 2.85. The predicted molar refractivity (Wildman–Crippen MR) is 110 cm³/mol. The van der Waals surface area contributed by atoms with Crippen LogP contribution in [0.25, 0.3) is 0 Å². The molecule has 0 aliphatic heterocycles. The summed E-state index contributed by atoms with van der Waals surface area (Å²) in [7, 11) is 1.74. The molecule has 146 valence electrons. The van der Waals surface area contributed by atoms with Gasteiger partial charge in [-0.3, -0.25) is 9.59 Å². The van der Waals surface area contributed by atoms with Crippen LogP contribution in [0.1, 0.15) is 11.1 Å². The Morgan fingerprint density at radius 3 is 2.26 bits per heavy atom. The van der Waals surface area contributed by atoms with Crippen molar-refractivity contribution in [1.29, 1.82) is 0 Å². The fourth-order valence-corrected chi connectivity index (χ4v) is 2.30. The van der Waals surface area contributed by atoms with Gasteiger partial charge in [0.2, 0.25) is 5.91 Å². The standard InChI is InChI=1S/C20H25N3O3.ClH/c1-15-3-7-17(8-4-15)23-20(25)14-26-18-9-5-16(6-10-18)11-12-22-19(24)13-21-2;/h3-10,21H,11-14H2,1-2H3,(H,22,24)(H,23,25);1H. The summed E-state index contributed by atoms with van der Waals surface area (Å²) >= 11 is 0. The van der Waals surface area contributed by atoms with Crippen LogP contribution in [-0.2, 0) is 16.0 Å². The Hall–Kier alpha value is -2.57. The molecule has 0 fully saturated rings. The number of carbonyl (C=O) groups is 2. The van der Waals surface area contributed by atoms with Gasteiger partial charge in [0, 0.05) is 12.2 Å². The number of hydrogen-bond acceptors (Lipinski definition) is 4. The van der Waals surface area contributed by atoms with E-state index in [9.17, 15) is 9.59 Å². The number of anilines is 1. The molecule has 6 nitrogen and oxygen atoms in total. The van der Waals surface area contributed by atoms with Crippen molar-refractivity contribution in [2.24, 2.45) is 0 Å². The van der Waals surface area contributed by atoms with E-state index in [4.69, 9.17) is 4.74 Å². The van der Waals surface area contributed by atoms with Gasteiger partial charge in [0.15, 0.2) is 6.61 Å². The van der Waals surface area contributed by atoms with Crippen molar-refractivity contribution in [1.82, 2.24) is 10.6 Å². The Morgan fingerprint density at radius 2 is 1.63 bits per heavy atom. The molecule has 0 unspecified atom stereocenters. The van der Waals surface area contributed by atoms with Crippen LogP contribution in [0.15, 0.2) is 48.5 Å². The molecule has 0 aliphatic rings. The van der Waals surface area contributed by atoms with Gasteiger partial charge < -0.3 is 20.7 Å². The number of rotatable bonds is 9. The molecule has 7 heteroatoms. The summed E-state index contributed by atoms with van der Waals surface area (Å²) in [4.78, 5) is 23.3. The Balaban J connectivity index is 0.00000364. The molecular formula is C20H26ClN3O3. The molecule has 0 radical (unpaired) electrons. The van der Waals surface area contributed by atoms with E-state index in [1.807, 2.05) is 55.5 Å². The first kappa shape index (κ1) is 22.5. The quantitative estimate of drug-likeness (QED) is 0.613. The Kier molecular flexibility index (Phi) is 9.93. The third-order valence-corrected chi connectivity index (χ3v) is 3.70. The molecule has 2 aromatic rings. The van der Waals surface area contributed by atoms with Gasteiger partial charge in [0.25, 0.3) is 5.91 Å². The maximum absolute atomic E-state index is 11.9. The zero-order valence-corrected chi connectivity index (χ0v) is 16.4. The van der Waals surface area contributed by atoms with Crippen LogP contribution in [0.4, 0.5) is 5.69 Å². The number of carbonyl (C=O) groups excluding carboxylic acids is 2. The van der Waals surface area contributed by atoms with Crippen molar-refractivity contribution in [2.45, 2.75) is 13.3 Å². The number of nitrogens with one attached hydrogen (secondary N) is 3. The van der Waals surface area contributed by atoms with E-state index >= 15 is 0 Å². The lowest BCUT2D eigenvalue weighted by Crippen LogP contribution is -2.33. The summed E-state index contributed by atoms with van der Waals surface area (Å²) < 4.78 is 5.50. The van der Waals surface area contributed by atoms with E-state index in [1.165, 1.54) is 0 Å². The van der Waals surface area contributed by atoms with Crippen LogP contribution in [0.5, 0.6) is 5.75 Å². The maximum Gasteiger partial charge on any atom is 0.262 e. The van der Waals surface area contributed by atoms with Crippen LogP contribution < -0.4 is 20.7 Å². The van der Waals surface area contributed by atoms with Crippen LogP contribution in [0.3, 0.4) is 0 Å². The number of aryl methyl sites for hydroxylation is 1. The molecule has 0 atom stereocenters. The van der Waals surface area contributed by atoms with Crippen molar-refractivity contribution in [3.05, 3.63) is 59.7 Å². The third-order valence-electron chi connectivity index (χ3n) is 3.70. The third kappa shape index (κ3) is 8.57. The summed E-state index contributed by atoms with van der Waals surface area (Å²) in [5.74, 6) is 0.407. The molecule has 0 aliphatic carbocycles. The predicted octanol–water partition coefficient (Wildman–Crippen LogP) is 2.31. The van der Waals surface area contributed by atoms with Gasteiger partial charge >= 0.3 is 0 Å². The zero-order chi connectivity index (χ0) is 18.8. The summed E-state index contributed by atoms with van der Waals surface area (Å²) in [6.07, 6.45) is 0.740. The number of amides is 2. The number of ether oxygens (including phenoxy) is 1. The van der Waals surface area contributed by atoms with E-state index in [0.29, 0.717) is 18.8 Å². The van der Waals surface area contributed by atoms with Crippen LogP contribution in [0.2, 0.25) is 0 Å². The minimum Gasteiger partial charge on any atom is -0.484 e. The molecule has 0 saturated heterocycles. The van der Waals surface area contributed by atoms with Gasteiger partial charge in [-0.15, -0.1) is 12.4 Å². The molecule has 0 spiro atoms. The SMILES string of the molecule is CNCC(=O)NCCc1ccc(OCC(=O)Nc2ccc(C)cc2)cc1.Cl. The van der Waals surface area contributed by atoms with E-state index < -0.39 is 0 Å². The molecule has 2 aromatic carbocycles. The smallest absolute Gasteiger partial charge is 0.262 e. The summed E-state index contributed by atoms with van der Waals surface area (Å²) in [6, 6.07) is 15.1. The largest absolute Gasteiger partial charge is 0.484 e. The summed E-state index contributed by atoms with van der Waals surface area (Å²) in [5.41, 5.74) is 2.98. The molecule has 0 saturated carbocycles. The fraction of sp³-hybridized carbons (Fsp3) is 0.300. The van der Waals surface area contributed by atoms with Crippen LogP contribution >= 0.6 is 12.4 Å². The van der Waals surface area contributed by atoms with Gasteiger partial charge in [-0.25, -0.2) is 0 Å². The lowest BCUT2D eigenvalue weighted by Gasteiger charge is -2.09. The summed E-state index contributed by atoms with van der Waals surface area (Å²) in [5, 5.41) is 8.42. The minimum atomic E-state index is -0.204. The van der Waals surface area contributed by atoms with E-state index in [0.717, 1.165) is 23.2 Å². The van der Waals surface area contributed by atoms with Gasteiger partial charge in [-0.2, -0.15) is 0 Å². The molecule has 27 heavy (non-hydrogen) atoms. The van der Waals surface area contributed by atoms with Gasteiger partial charge in [-0.1, -0.05) is 29.8 Å². The first-order valence-corrected chi connectivity index (χ1v) is 8.56. The first-order chi connectivity index (χ1) is 12.6. The Bertz CT molecular complexity index is 718. The van der Waals surface area contributed by atoms with Crippen molar-refractivity contribution in [3.63, 3.8) is 0 Å². The monoisotopic (exact) mass is 391 g/mol. The Morgan fingerprint density at radius 1 is 0.963 bits per heavy atom. The Labute approximate surface area is 166 Å². The van der Waals surface area contributed by atoms with Gasteiger partial charge in [-0.05, 0) is 50.2 Å². The van der Waals surface area contributed by atoms with Crippen LogP contribution in [0, 0.1) is 6.92 Å². The van der Waals surface area contributed by atoms with E-state index in [2.05, 4.69) is 16.0 Å². The molecular weight excluding hydrogens is 366 g/mol. The maximum atomic E-state index is 11.9. The van der Waals surface area contributed by atoms with Crippen molar-refractivity contribution in [2.75, 3.05) is 32.1 Å². The molecule has 0 aromatic heterocycles. The number of likely N-dealkylation sites (N-methyl/N-ethyl adjacent to an activating group) is 1. The highest BCUT2D eigenvalue weighted by Crippen LogP contribution is 2.13. The van der Waals surface area contributed by atoms with Gasteiger partial charge in [0.1, 0.15) is 5.75 Å². The molecule has 2 amide bonds. The molecule has 0 bridgehead atoms. The highest BCUT2D eigenvalue weighted by atomic mass is 35.5. The number of benzene rings is 2. The minimum absolute atomic E-state index is 0. The lowest BCUT2D eigenvalue weighted by molar-refractivity contribution is -0.120. The average Bonchev–Trinajstić information content (AvgIpc) is 2.63. The van der Waals surface area contributed by atoms with Crippen molar-refractivity contribution in [3.8, 4) is 5.75 Å². The fourth-order valence-electron chi connectivity index (χ4n) is 2.30. The van der Waals surface area contributed by atoms with Crippen molar-refractivity contribution < 1.29 is 14.3 Å². The topological polar surface area (TPSA) is 79.5 Å². The number of hydrogen-bond donors (Lipinski definition) is 3. The molecule has 2 rings (SSSR count).